The Bertz CT molecular complexity index is 482. The molecular weight excluding hydrogens is 200 g/mol. The van der Waals surface area contributed by atoms with Crippen LogP contribution in [0.4, 0.5) is 5.82 Å². The summed E-state index contributed by atoms with van der Waals surface area (Å²) in [7, 11) is 0. The summed E-state index contributed by atoms with van der Waals surface area (Å²) in [5, 5.41) is 0. The van der Waals surface area contributed by atoms with E-state index in [1.807, 2.05) is 19.3 Å². The molecule has 0 aromatic carbocycles. The minimum Gasteiger partial charge on any atom is -0.346 e. The first-order valence-electron chi connectivity index (χ1n) is 5.28. The molecule has 1 aliphatic rings. The number of pyridine rings is 1. The van der Waals surface area contributed by atoms with Crippen LogP contribution in [0.25, 0.3) is 0 Å². The predicted molar refractivity (Wildman–Crippen MR) is 60.9 cm³/mol. The zero-order chi connectivity index (χ0) is 11.0. The molecule has 0 unspecified atom stereocenters. The average molecular weight is 212 g/mol. The van der Waals surface area contributed by atoms with Crippen LogP contribution in [0.2, 0.25) is 0 Å². The van der Waals surface area contributed by atoms with Gasteiger partial charge in [0.1, 0.15) is 12.1 Å². The Morgan fingerprint density at radius 1 is 1.12 bits per heavy atom. The van der Waals surface area contributed by atoms with E-state index in [0.29, 0.717) is 0 Å². The molecule has 80 valence electrons. The van der Waals surface area contributed by atoms with Crippen LogP contribution in [0.1, 0.15) is 16.8 Å². The molecule has 4 heteroatoms. The molecule has 0 fully saturated rings. The van der Waals surface area contributed by atoms with Gasteiger partial charge in [0, 0.05) is 24.5 Å². The van der Waals surface area contributed by atoms with Gasteiger partial charge in [-0.2, -0.15) is 0 Å². The Kier molecular flexibility index (Phi) is 2.06. The van der Waals surface area contributed by atoms with E-state index in [9.17, 15) is 0 Å². The number of aryl methyl sites for hydroxylation is 1. The molecule has 0 atom stereocenters. The highest BCUT2D eigenvalue weighted by atomic mass is 15.2. The van der Waals surface area contributed by atoms with Crippen molar-refractivity contribution >= 4 is 5.82 Å². The molecule has 3 rings (SSSR count). The molecule has 0 aliphatic carbocycles. The van der Waals surface area contributed by atoms with Crippen molar-refractivity contribution in [2.75, 3.05) is 4.90 Å². The molecule has 0 N–H and O–H groups in total. The highest BCUT2D eigenvalue weighted by Crippen LogP contribution is 2.24. The van der Waals surface area contributed by atoms with E-state index < -0.39 is 0 Å². The van der Waals surface area contributed by atoms with Gasteiger partial charge < -0.3 is 4.90 Å². The van der Waals surface area contributed by atoms with Gasteiger partial charge >= 0.3 is 0 Å². The summed E-state index contributed by atoms with van der Waals surface area (Å²) in [6.45, 7) is 3.72. The lowest BCUT2D eigenvalue weighted by molar-refractivity contribution is 0.847. The van der Waals surface area contributed by atoms with E-state index in [0.717, 1.165) is 24.6 Å². The van der Waals surface area contributed by atoms with Crippen molar-refractivity contribution in [1.82, 2.24) is 15.0 Å². The smallest absolute Gasteiger partial charge is 0.129 e. The zero-order valence-electron chi connectivity index (χ0n) is 9.09. The number of anilines is 1. The van der Waals surface area contributed by atoms with Gasteiger partial charge in [-0.25, -0.2) is 15.0 Å². The zero-order valence-corrected chi connectivity index (χ0v) is 9.09. The van der Waals surface area contributed by atoms with Gasteiger partial charge in [0.2, 0.25) is 0 Å². The molecular formula is C12H12N4. The van der Waals surface area contributed by atoms with Gasteiger partial charge in [-0.15, -0.1) is 0 Å². The lowest BCUT2D eigenvalue weighted by Crippen LogP contribution is -2.15. The van der Waals surface area contributed by atoms with Crippen molar-refractivity contribution in [3.8, 4) is 0 Å². The van der Waals surface area contributed by atoms with E-state index in [-0.39, 0.29) is 0 Å². The molecule has 0 saturated heterocycles. The van der Waals surface area contributed by atoms with Crippen molar-refractivity contribution in [2.24, 2.45) is 0 Å². The number of hydrogen-bond donors (Lipinski definition) is 0. The van der Waals surface area contributed by atoms with Crippen LogP contribution >= 0.6 is 0 Å². The minimum absolute atomic E-state index is 0.827. The Morgan fingerprint density at radius 2 is 2.06 bits per heavy atom. The molecule has 0 bridgehead atoms. The first-order valence-corrected chi connectivity index (χ1v) is 5.28. The van der Waals surface area contributed by atoms with E-state index in [1.54, 1.807) is 6.33 Å². The molecule has 0 amide bonds. The molecule has 0 radical (unpaired) electrons. The minimum atomic E-state index is 0.827. The normalized spacial score (nSPS) is 13.9. The second kappa shape index (κ2) is 3.56. The van der Waals surface area contributed by atoms with Crippen LogP contribution < -0.4 is 4.90 Å². The maximum atomic E-state index is 4.42. The van der Waals surface area contributed by atoms with Crippen LogP contribution in [-0.2, 0) is 13.1 Å². The molecule has 2 aromatic rings. The van der Waals surface area contributed by atoms with Crippen LogP contribution in [0.15, 0.2) is 30.9 Å². The molecule has 0 saturated carbocycles. The Balaban J connectivity index is 1.88. The van der Waals surface area contributed by atoms with Gasteiger partial charge in [-0.3, -0.25) is 0 Å². The van der Waals surface area contributed by atoms with Crippen LogP contribution in [0.3, 0.4) is 0 Å². The van der Waals surface area contributed by atoms with Gasteiger partial charge in [0.15, 0.2) is 0 Å². The molecule has 0 spiro atoms. The second-order valence-corrected chi connectivity index (χ2v) is 4.04. The molecule has 3 heterocycles. The summed E-state index contributed by atoms with van der Waals surface area (Å²) in [5.74, 6) is 1.00. The summed E-state index contributed by atoms with van der Waals surface area (Å²) in [4.78, 5) is 14.9. The second-order valence-electron chi connectivity index (χ2n) is 4.04. The third kappa shape index (κ3) is 1.52. The number of nitrogens with zero attached hydrogens (tertiary/aromatic N) is 4. The van der Waals surface area contributed by atoms with Crippen molar-refractivity contribution < 1.29 is 0 Å². The average Bonchev–Trinajstić information content (AvgIpc) is 2.73. The van der Waals surface area contributed by atoms with Gasteiger partial charge in [-0.1, -0.05) is 6.07 Å². The SMILES string of the molecule is Cc1ccc(N2Cc3cncnc3C2)nc1. The molecule has 2 aromatic heterocycles. The molecule has 4 nitrogen and oxygen atoms in total. The summed E-state index contributed by atoms with van der Waals surface area (Å²) < 4.78 is 0. The Hall–Kier alpha value is -1.97. The number of rotatable bonds is 1. The third-order valence-electron chi connectivity index (χ3n) is 2.80. The fraction of sp³-hybridized carbons (Fsp3) is 0.250. The third-order valence-corrected chi connectivity index (χ3v) is 2.80. The maximum absolute atomic E-state index is 4.42. The summed E-state index contributed by atoms with van der Waals surface area (Å²) in [6, 6.07) is 4.13. The predicted octanol–water partition coefficient (Wildman–Crippen LogP) is 1.70. The standard InChI is InChI=1S/C12H12N4/c1-9-2-3-12(14-4-9)16-6-10-5-13-8-15-11(10)7-16/h2-5,8H,6-7H2,1H3. The Morgan fingerprint density at radius 3 is 2.81 bits per heavy atom. The van der Waals surface area contributed by atoms with E-state index in [1.165, 1.54) is 11.1 Å². The lowest BCUT2D eigenvalue weighted by atomic mass is 10.3. The van der Waals surface area contributed by atoms with Crippen LogP contribution in [-0.4, -0.2) is 15.0 Å². The highest BCUT2D eigenvalue weighted by molar-refractivity contribution is 5.44. The quantitative estimate of drug-likeness (QED) is 0.721. The fourth-order valence-corrected chi connectivity index (χ4v) is 1.91. The lowest BCUT2D eigenvalue weighted by Gasteiger charge is -2.15. The topological polar surface area (TPSA) is 41.9 Å². The largest absolute Gasteiger partial charge is 0.346 e. The van der Waals surface area contributed by atoms with Gasteiger partial charge in [-0.05, 0) is 18.6 Å². The fourth-order valence-electron chi connectivity index (χ4n) is 1.91. The van der Waals surface area contributed by atoms with E-state index >= 15 is 0 Å². The number of aromatic nitrogens is 3. The Labute approximate surface area is 94.0 Å². The highest BCUT2D eigenvalue weighted by Gasteiger charge is 2.20. The van der Waals surface area contributed by atoms with E-state index in [4.69, 9.17) is 0 Å². The van der Waals surface area contributed by atoms with Gasteiger partial charge in [0.05, 0.1) is 12.2 Å². The molecule has 1 aliphatic heterocycles. The monoisotopic (exact) mass is 212 g/mol. The summed E-state index contributed by atoms with van der Waals surface area (Å²) in [5.41, 5.74) is 3.49. The van der Waals surface area contributed by atoms with Gasteiger partial charge in [0.25, 0.3) is 0 Å². The first kappa shape index (κ1) is 9.27. The first-order chi connectivity index (χ1) is 7.83. The number of fused-ring (bicyclic) bond motifs is 1. The van der Waals surface area contributed by atoms with Crippen molar-refractivity contribution in [2.45, 2.75) is 20.0 Å². The molecule has 16 heavy (non-hydrogen) atoms. The van der Waals surface area contributed by atoms with Crippen molar-refractivity contribution in [3.05, 3.63) is 47.7 Å². The summed E-state index contributed by atoms with van der Waals surface area (Å²) >= 11 is 0. The van der Waals surface area contributed by atoms with E-state index in [2.05, 4.69) is 32.0 Å². The van der Waals surface area contributed by atoms with Crippen LogP contribution in [0.5, 0.6) is 0 Å². The summed E-state index contributed by atoms with van der Waals surface area (Å²) in [6.07, 6.45) is 5.38. The number of hydrogen-bond acceptors (Lipinski definition) is 4. The van der Waals surface area contributed by atoms with Crippen LogP contribution in [0, 0.1) is 6.92 Å². The van der Waals surface area contributed by atoms with Crippen molar-refractivity contribution in [1.29, 1.82) is 0 Å². The van der Waals surface area contributed by atoms with Crippen molar-refractivity contribution in [3.63, 3.8) is 0 Å². The maximum Gasteiger partial charge on any atom is 0.129 e.